The molecule has 1 aliphatic heterocycles. The summed E-state index contributed by atoms with van der Waals surface area (Å²) in [6, 6.07) is 16.3. The van der Waals surface area contributed by atoms with Crippen molar-refractivity contribution in [2.24, 2.45) is 5.10 Å². The van der Waals surface area contributed by atoms with Gasteiger partial charge in [-0.05, 0) is 12.1 Å². The van der Waals surface area contributed by atoms with E-state index in [4.69, 9.17) is 9.47 Å². The number of hydrazone groups is 1. The monoisotopic (exact) mass is 394 g/mol. The Bertz CT molecular complexity index is 937. The molecule has 0 spiro atoms. The fourth-order valence-electron chi connectivity index (χ4n) is 3.05. The highest BCUT2D eigenvalue weighted by molar-refractivity contribution is 7.14. The third kappa shape index (κ3) is 4.32. The minimum absolute atomic E-state index is 0.749. The van der Waals surface area contributed by atoms with Crippen LogP contribution in [0, 0.1) is 0 Å². The van der Waals surface area contributed by atoms with Crippen molar-refractivity contribution in [1.82, 2.24) is 4.98 Å². The van der Waals surface area contributed by atoms with Crippen molar-refractivity contribution < 1.29 is 9.47 Å². The van der Waals surface area contributed by atoms with Crippen molar-refractivity contribution in [2.75, 3.05) is 43.7 Å². The van der Waals surface area contributed by atoms with Gasteiger partial charge in [0.15, 0.2) is 0 Å². The normalized spacial score (nSPS) is 14.4. The molecule has 2 heterocycles. The van der Waals surface area contributed by atoms with Gasteiger partial charge in [-0.15, -0.1) is 11.3 Å². The van der Waals surface area contributed by atoms with E-state index < -0.39 is 0 Å². The van der Waals surface area contributed by atoms with Crippen molar-refractivity contribution in [3.63, 3.8) is 0 Å². The van der Waals surface area contributed by atoms with E-state index >= 15 is 0 Å². The maximum Gasteiger partial charge on any atom is 0.203 e. The zero-order valence-electron chi connectivity index (χ0n) is 15.7. The summed E-state index contributed by atoms with van der Waals surface area (Å²) in [4.78, 5) is 6.87. The van der Waals surface area contributed by atoms with Crippen LogP contribution in [0.4, 0.5) is 10.8 Å². The number of morpholine rings is 1. The molecule has 0 amide bonds. The third-order valence-electron chi connectivity index (χ3n) is 4.53. The molecule has 28 heavy (non-hydrogen) atoms. The number of thiazole rings is 1. The number of ether oxygens (including phenoxy) is 2. The summed E-state index contributed by atoms with van der Waals surface area (Å²) >= 11 is 1.52. The van der Waals surface area contributed by atoms with Crippen LogP contribution in [0.15, 0.2) is 59.0 Å². The van der Waals surface area contributed by atoms with Crippen LogP contribution in [0.1, 0.15) is 5.56 Å². The lowest BCUT2D eigenvalue weighted by Crippen LogP contribution is -2.36. The molecule has 0 bridgehead atoms. The number of aromatic nitrogens is 1. The smallest absolute Gasteiger partial charge is 0.203 e. The minimum Gasteiger partial charge on any atom is -0.496 e. The first-order chi connectivity index (χ1) is 13.8. The summed E-state index contributed by atoms with van der Waals surface area (Å²) in [6.45, 7) is 3.31. The van der Waals surface area contributed by atoms with Crippen LogP contribution in [0.25, 0.3) is 11.3 Å². The number of methoxy groups -OCH3 is 1. The number of anilines is 2. The summed E-state index contributed by atoms with van der Waals surface area (Å²) in [7, 11) is 1.68. The number of nitrogens with zero attached hydrogens (tertiary/aromatic N) is 3. The molecule has 7 heteroatoms. The Kier molecular flexibility index (Phi) is 5.84. The Hall–Kier alpha value is -2.90. The average Bonchev–Trinajstić information content (AvgIpc) is 3.24. The molecule has 0 radical (unpaired) electrons. The summed E-state index contributed by atoms with van der Waals surface area (Å²) in [6.07, 6.45) is 1.76. The van der Waals surface area contributed by atoms with E-state index in [1.807, 2.05) is 47.8 Å². The molecule has 1 saturated heterocycles. The first-order valence-electron chi connectivity index (χ1n) is 9.14. The van der Waals surface area contributed by atoms with Gasteiger partial charge in [0.05, 0.1) is 32.2 Å². The van der Waals surface area contributed by atoms with Gasteiger partial charge in [-0.25, -0.2) is 4.98 Å². The Morgan fingerprint density at radius 3 is 2.79 bits per heavy atom. The Morgan fingerprint density at radius 1 is 1.18 bits per heavy atom. The topological polar surface area (TPSA) is 59.0 Å². The van der Waals surface area contributed by atoms with Gasteiger partial charge in [0.1, 0.15) is 5.75 Å². The van der Waals surface area contributed by atoms with Gasteiger partial charge in [-0.3, -0.25) is 5.43 Å². The van der Waals surface area contributed by atoms with E-state index in [2.05, 4.69) is 26.5 Å². The van der Waals surface area contributed by atoms with Gasteiger partial charge >= 0.3 is 0 Å². The van der Waals surface area contributed by atoms with Crippen LogP contribution in [0.3, 0.4) is 0 Å². The maximum atomic E-state index is 5.55. The first kappa shape index (κ1) is 18.5. The van der Waals surface area contributed by atoms with E-state index in [0.717, 1.165) is 59.7 Å². The number of nitrogens with one attached hydrogen (secondary N) is 1. The molecular weight excluding hydrogens is 372 g/mol. The standard InChI is InChI=1S/C21H22N4O2S/c1-26-20-13-18(25-9-11-27-12-10-25)8-7-17(20)14-22-24-21-23-19(15-28-21)16-5-3-2-4-6-16/h2-8,13-15H,9-12H2,1H3,(H,23,24). The summed E-state index contributed by atoms with van der Waals surface area (Å²) in [5, 5.41) is 7.10. The lowest BCUT2D eigenvalue weighted by Gasteiger charge is -2.29. The predicted octanol–water partition coefficient (Wildman–Crippen LogP) is 4.10. The van der Waals surface area contributed by atoms with Crippen LogP contribution in [0.2, 0.25) is 0 Å². The maximum absolute atomic E-state index is 5.55. The van der Waals surface area contributed by atoms with Crippen LogP contribution in [-0.2, 0) is 4.74 Å². The van der Waals surface area contributed by atoms with Crippen molar-refractivity contribution >= 4 is 28.4 Å². The zero-order chi connectivity index (χ0) is 19.2. The quantitative estimate of drug-likeness (QED) is 0.504. The molecule has 4 rings (SSSR count). The Labute approximate surface area is 168 Å². The van der Waals surface area contributed by atoms with Crippen molar-refractivity contribution in [3.05, 3.63) is 59.5 Å². The van der Waals surface area contributed by atoms with E-state index in [9.17, 15) is 0 Å². The van der Waals surface area contributed by atoms with Crippen LogP contribution >= 0.6 is 11.3 Å². The molecule has 1 N–H and O–H groups in total. The van der Waals surface area contributed by atoms with Gasteiger partial charge in [0, 0.05) is 41.4 Å². The van der Waals surface area contributed by atoms with Gasteiger partial charge < -0.3 is 14.4 Å². The summed E-state index contributed by atoms with van der Waals surface area (Å²) in [5.41, 5.74) is 7.09. The second-order valence-corrected chi connectivity index (χ2v) is 7.16. The van der Waals surface area contributed by atoms with E-state index in [1.54, 1.807) is 13.3 Å². The molecule has 0 aliphatic carbocycles. The number of benzene rings is 2. The van der Waals surface area contributed by atoms with E-state index in [0.29, 0.717) is 0 Å². The largest absolute Gasteiger partial charge is 0.496 e. The van der Waals surface area contributed by atoms with Gasteiger partial charge in [0.25, 0.3) is 0 Å². The SMILES string of the molecule is COc1cc(N2CCOCC2)ccc1C=NNc1nc(-c2ccccc2)cs1. The Morgan fingerprint density at radius 2 is 2.00 bits per heavy atom. The second-order valence-electron chi connectivity index (χ2n) is 6.30. The molecule has 1 fully saturated rings. The fraction of sp³-hybridized carbons (Fsp3) is 0.238. The Balaban J connectivity index is 1.43. The van der Waals surface area contributed by atoms with Gasteiger partial charge in [-0.2, -0.15) is 5.10 Å². The highest BCUT2D eigenvalue weighted by atomic mass is 32.1. The summed E-state index contributed by atoms with van der Waals surface area (Å²) in [5.74, 6) is 0.790. The molecule has 2 aromatic carbocycles. The van der Waals surface area contributed by atoms with Crippen molar-refractivity contribution in [3.8, 4) is 17.0 Å². The molecular formula is C21H22N4O2S. The predicted molar refractivity (Wildman–Crippen MR) is 115 cm³/mol. The third-order valence-corrected chi connectivity index (χ3v) is 5.28. The summed E-state index contributed by atoms with van der Waals surface area (Å²) < 4.78 is 11.0. The van der Waals surface area contributed by atoms with Crippen LogP contribution < -0.4 is 15.1 Å². The number of rotatable bonds is 6. The fourth-order valence-corrected chi connectivity index (χ4v) is 3.72. The van der Waals surface area contributed by atoms with Crippen LogP contribution in [0.5, 0.6) is 5.75 Å². The number of hydrogen-bond donors (Lipinski definition) is 1. The van der Waals surface area contributed by atoms with Crippen molar-refractivity contribution in [1.29, 1.82) is 0 Å². The van der Waals surface area contributed by atoms with Gasteiger partial charge in [0.2, 0.25) is 5.13 Å². The minimum atomic E-state index is 0.749. The molecule has 0 saturated carbocycles. The zero-order valence-corrected chi connectivity index (χ0v) is 16.5. The molecule has 6 nitrogen and oxygen atoms in total. The molecule has 3 aromatic rings. The molecule has 0 unspecified atom stereocenters. The number of hydrogen-bond acceptors (Lipinski definition) is 7. The van der Waals surface area contributed by atoms with Crippen molar-refractivity contribution in [2.45, 2.75) is 0 Å². The average molecular weight is 395 g/mol. The molecule has 1 aromatic heterocycles. The molecule has 1 aliphatic rings. The molecule has 144 valence electrons. The molecule has 0 atom stereocenters. The second kappa shape index (κ2) is 8.86. The van der Waals surface area contributed by atoms with E-state index in [1.165, 1.54) is 11.3 Å². The first-order valence-corrected chi connectivity index (χ1v) is 10.0. The van der Waals surface area contributed by atoms with Gasteiger partial charge in [-0.1, -0.05) is 30.3 Å². The lowest BCUT2D eigenvalue weighted by molar-refractivity contribution is 0.122. The highest BCUT2D eigenvalue weighted by Gasteiger charge is 2.13. The highest BCUT2D eigenvalue weighted by Crippen LogP contribution is 2.26. The van der Waals surface area contributed by atoms with E-state index in [-0.39, 0.29) is 0 Å². The van der Waals surface area contributed by atoms with Crippen LogP contribution in [-0.4, -0.2) is 44.6 Å². The lowest BCUT2D eigenvalue weighted by atomic mass is 10.1.